The lowest BCUT2D eigenvalue weighted by Crippen LogP contribution is -1.74. The van der Waals surface area contributed by atoms with Gasteiger partial charge in [0.1, 0.15) is 0 Å². The molecule has 0 N–H and O–H groups in total. The third-order valence-electron chi connectivity index (χ3n) is 1.32. The van der Waals surface area contributed by atoms with Crippen molar-refractivity contribution in [3.05, 3.63) is 47.7 Å². The minimum atomic E-state index is 0.883. The summed E-state index contributed by atoms with van der Waals surface area (Å²) in [7, 11) is 0. The van der Waals surface area contributed by atoms with Crippen LogP contribution in [0.25, 0.3) is 6.08 Å². The Kier molecular flexibility index (Phi) is 2.33. The molecule has 0 heterocycles. The quantitative estimate of drug-likeness (QED) is 0.415. The highest BCUT2D eigenvalue weighted by Gasteiger charge is 1.86. The fourth-order valence-corrected chi connectivity index (χ4v) is 0.836. The summed E-state index contributed by atoms with van der Waals surface area (Å²) in [5, 5.41) is 0. The number of hydrogen-bond donors (Lipinski definition) is 0. The van der Waals surface area contributed by atoms with Gasteiger partial charge in [0.2, 0.25) is 0 Å². The molecule has 0 atom stereocenters. The van der Waals surface area contributed by atoms with Gasteiger partial charge >= 0.3 is 0 Å². The van der Waals surface area contributed by atoms with Gasteiger partial charge in [-0.1, -0.05) is 24.6 Å². The van der Waals surface area contributed by atoms with Crippen LogP contribution in [0.1, 0.15) is 11.1 Å². The minimum Gasteiger partial charge on any atom is -0.128 e. The first-order valence-electron chi connectivity index (χ1n) is 3.29. The lowest BCUT2D eigenvalue weighted by Gasteiger charge is -1.91. The summed E-state index contributed by atoms with van der Waals surface area (Å²) in [6, 6.07) is 7.68. The maximum Gasteiger partial charge on any atom is 0.0248 e. The SMILES string of the molecule is C#Cc1cccc(C=C=C)c1. The molecule has 0 amide bonds. The summed E-state index contributed by atoms with van der Waals surface area (Å²) < 4.78 is 0. The Labute approximate surface area is 66.9 Å². The monoisotopic (exact) mass is 140 g/mol. The van der Waals surface area contributed by atoms with Crippen molar-refractivity contribution in [2.24, 2.45) is 0 Å². The normalized spacial score (nSPS) is 7.91. The second kappa shape index (κ2) is 3.46. The molecule has 0 saturated heterocycles. The average molecular weight is 140 g/mol. The molecule has 11 heavy (non-hydrogen) atoms. The van der Waals surface area contributed by atoms with Crippen molar-refractivity contribution in [3.8, 4) is 12.3 Å². The number of hydrogen-bond acceptors (Lipinski definition) is 0. The predicted octanol–water partition coefficient (Wildman–Crippen LogP) is 2.47. The molecule has 52 valence electrons. The number of benzene rings is 1. The van der Waals surface area contributed by atoms with E-state index in [-0.39, 0.29) is 0 Å². The van der Waals surface area contributed by atoms with E-state index in [1.165, 1.54) is 0 Å². The standard InChI is InChI=1S/C11H8/c1-3-6-11-8-5-7-10(4-2)9-11/h2,5-9H,1H2. The molecule has 0 aliphatic heterocycles. The lowest BCUT2D eigenvalue weighted by molar-refractivity contribution is 1.61. The van der Waals surface area contributed by atoms with Gasteiger partial charge in [-0.2, -0.15) is 0 Å². The maximum atomic E-state index is 5.21. The molecule has 0 unspecified atom stereocenters. The Morgan fingerprint density at radius 2 is 2.27 bits per heavy atom. The van der Waals surface area contributed by atoms with Crippen LogP contribution in [0.5, 0.6) is 0 Å². The van der Waals surface area contributed by atoms with E-state index in [9.17, 15) is 0 Å². The van der Waals surface area contributed by atoms with E-state index >= 15 is 0 Å². The van der Waals surface area contributed by atoms with Crippen LogP contribution in [-0.2, 0) is 0 Å². The highest BCUT2D eigenvalue weighted by molar-refractivity contribution is 5.51. The first-order valence-corrected chi connectivity index (χ1v) is 3.29. The van der Waals surface area contributed by atoms with Gasteiger partial charge in [-0.25, -0.2) is 0 Å². The van der Waals surface area contributed by atoms with Crippen LogP contribution < -0.4 is 0 Å². The molecule has 1 aromatic carbocycles. The van der Waals surface area contributed by atoms with Crippen molar-refractivity contribution in [1.29, 1.82) is 0 Å². The second-order valence-electron chi connectivity index (χ2n) is 2.12. The van der Waals surface area contributed by atoms with Crippen LogP contribution in [0.15, 0.2) is 36.6 Å². The fourth-order valence-electron chi connectivity index (χ4n) is 0.836. The molecule has 0 radical (unpaired) electrons. The van der Waals surface area contributed by atoms with Gasteiger partial charge in [0.05, 0.1) is 0 Å². The van der Waals surface area contributed by atoms with Crippen molar-refractivity contribution < 1.29 is 0 Å². The van der Waals surface area contributed by atoms with E-state index in [0.717, 1.165) is 11.1 Å². The lowest BCUT2D eigenvalue weighted by atomic mass is 10.1. The van der Waals surface area contributed by atoms with Gasteiger partial charge in [0.25, 0.3) is 0 Å². The molecule has 0 heteroatoms. The minimum absolute atomic E-state index is 0.883. The van der Waals surface area contributed by atoms with Crippen LogP contribution in [-0.4, -0.2) is 0 Å². The summed E-state index contributed by atoms with van der Waals surface area (Å²) in [6.07, 6.45) is 7.01. The molecular weight excluding hydrogens is 132 g/mol. The molecular formula is C11H8. The van der Waals surface area contributed by atoms with Crippen LogP contribution in [0.2, 0.25) is 0 Å². The summed E-state index contributed by atoms with van der Waals surface area (Å²) in [6.45, 7) is 3.48. The van der Waals surface area contributed by atoms with Crippen molar-refractivity contribution >= 4 is 6.08 Å². The van der Waals surface area contributed by atoms with Crippen LogP contribution >= 0.6 is 0 Å². The van der Waals surface area contributed by atoms with Gasteiger partial charge in [-0.05, 0) is 23.8 Å². The van der Waals surface area contributed by atoms with Gasteiger partial charge in [-0.15, -0.1) is 12.2 Å². The van der Waals surface area contributed by atoms with E-state index in [0.29, 0.717) is 0 Å². The molecule has 0 spiro atoms. The van der Waals surface area contributed by atoms with E-state index in [2.05, 4.69) is 18.2 Å². The zero-order chi connectivity index (χ0) is 8.10. The molecule has 0 nitrogen and oxygen atoms in total. The first kappa shape index (κ1) is 7.41. The average Bonchev–Trinajstić information content (AvgIpc) is 2.06. The molecule has 0 fully saturated rings. The molecule has 0 aliphatic carbocycles. The summed E-state index contributed by atoms with van der Waals surface area (Å²) in [5.41, 5.74) is 4.61. The largest absolute Gasteiger partial charge is 0.128 e. The third-order valence-corrected chi connectivity index (χ3v) is 1.32. The van der Waals surface area contributed by atoms with Crippen molar-refractivity contribution in [2.45, 2.75) is 0 Å². The van der Waals surface area contributed by atoms with E-state index in [1.807, 2.05) is 24.3 Å². The van der Waals surface area contributed by atoms with Gasteiger partial charge in [-0.3, -0.25) is 0 Å². The molecule has 0 aromatic heterocycles. The molecule has 1 aromatic rings. The smallest absolute Gasteiger partial charge is 0.0248 e. The molecule has 0 bridgehead atoms. The Morgan fingerprint density at radius 3 is 2.91 bits per heavy atom. The zero-order valence-electron chi connectivity index (χ0n) is 6.17. The van der Waals surface area contributed by atoms with Crippen molar-refractivity contribution in [3.63, 3.8) is 0 Å². The fraction of sp³-hybridized carbons (Fsp3) is 0. The van der Waals surface area contributed by atoms with Gasteiger partial charge in [0, 0.05) is 5.56 Å². The highest BCUT2D eigenvalue weighted by atomic mass is 13.9. The Morgan fingerprint density at radius 1 is 1.45 bits per heavy atom. The molecule has 1 rings (SSSR count). The van der Waals surface area contributed by atoms with Gasteiger partial charge < -0.3 is 0 Å². The topological polar surface area (TPSA) is 0 Å². The number of terminal acetylenes is 1. The molecule has 0 saturated carbocycles. The van der Waals surface area contributed by atoms with Crippen molar-refractivity contribution in [1.82, 2.24) is 0 Å². The zero-order valence-corrected chi connectivity index (χ0v) is 6.17. The van der Waals surface area contributed by atoms with Crippen LogP contribution in [0.3, 0.4) is 0 Å². The van der Waals surface area contributed by atoms with Crippen LogP contribution in [0, 0.1) is 12.3 Å². The second-order valence-corrected chi connectivity index (χ2v) is 2.12. The van der Waals surface area contributed by atoms with Crippen LogP contribution in [0.4, 0.5) is 0 Å². The molecule has 0 aliphatic rings. The van der Waals surface area contributed by atoms with E-state index in [4.69, 9.17) is 6.42 Å². The number of rotatable bonds is 1. The summed E-state index contributed by atoms with van der Waals surface area (Å²) in [5.74, 6) is 2.56. The first-order chi connectivity index (χ1) is 5.36. The summed E-state index contributed by atoms with van der Waals surface area (Å²) in [4.78, 5) is 0. The predicted molar refractivity (Wildman–Crippen MR) is 48.0 cm³/mol. The maximum absolute atomic E-state index is 5.21. The Hall–Kier alpha value is -1.70. The summed E-state index contributed by atoms with van der Waals surface area (Å²) >= 11 is 0. The van der Waals surface area contributed by atoms with Gasteiger partial charge in [0.15, 0.2) is 0 Å². The van der Waals surface area contributed by atoms with E-state index in [1.54, 1.807) is 6.08 Å². The highest BCUT2D eigenvalue weighted by Crippen LogP contribution is 2.04. The van der Waals surface area contributed by atoms with E-state index < -0.39 is 0 Å². The Balaban J connectivity index is 3.12. The van der Waals surface area contributed by atoms with Crippen molar-refractivity contribution in [2.75, 3.05) is 0 Å². The Bertz CT molecular complexity index is 333. The third kappa shape index (κ3) is 1.86.